The fourth-order valence-electron chi connectivity index (χ4n) is 1.36. The van der Waals surface area contributed by atoms with E-state index in [-0.39, 0.29) is 5.56 Å². The summed E-state index contributed by atoms with van der Waals surface area (Å²) in [5.41, 5.74) is 0.691. The minimum Gasteiger partial charge on any atom is -0.268 e. The average Bonchev–Trinajstić information content (AvgIpc) is 2.34. The second kappa shape index (κ2) is 5.10. The Morgan fingerprint density at radius 3 is 2.76 bits per heavy atom. The summed E-state index contributed by atoms with van der Waals surface area (Å²) in [7, 11) is 0. The van der Waals surface area contributed by atoms with Crippen molar-refractivity contribution in [2.24, 2.45) is 0 Å². The van der Waals surface area contributed by atoms with Crippen LogP contribution < -0.4 is 5.56 Å². The first kappa shape index (κ1) is 12.4. The van der Waals surface area contributed by atoms with Crippen molar-refractivity contribution < 1.29 is 4.39 Å². The van der Waals surface area contributed by atoms with Gasteiger partial charge in [0.1, 0.15) is 11.6 Å². The van der Waals surface area contributed by atoms with Gasteiger partial charge in [-0.3, -0.25) is 9.36 Å². The highest BCUT2D eigenvalue weighted by atomic mass is 79.9. The lowest BCUT2D eigenvalue weighted by Crippen LogP contribution is -2.20. The molecule has 0 bridgehead atoms. The number of nitrogens with zero attached hydrogens (tertiary/aromatic N) is 2. The maximum Gasteiger partial charge on any atom is 0.270 e. The van der Waals surface area contributed by atoms with Crippen LogP contribution in [0, 0.1) is 5.82 Å². The van der Waals surface area contributed by atoms with Gasteiger partial charge < -0.3 is 0 Å². The lowest BCUT2D eigenvalue weighted by molar-refractivity contribution is 0.620. The Balaban J connectivity index is 2.62. The van der Waals surface area contributed by atoms with E-state index >= 15 is 0 Å². The second-order valence-corrected chi connectivity index (χ2v) is 4.75. The van der Waals surface area contributed by atoms with Crippen molar-refractivity contribution in [3.63, 3.8) is 0 Å². The third-order valence-corrected chi connectivity index (χ3v) is 3.36. The molecule has 0 aromatic carbocycles. The van der Waals surface area contributed by atoms with Crippen LogP contribution >= 0.6 is 31.9 Å². The molecule has 2 aromatic heterocycles. The molecule has 0 unspecified atom stereocenters. The molecular weight excluding hydrogens is 355 g/mol. The molecule has 0 aliphatic rings. The third-order valence-electron chi connectivity index (χ3n) is 2.14. The fraction of sp³-hybridized carbons (Fsp3) is 0.0909. The van der Waals surface area contributed by atoms with Crippen molar-refractivity contribution in [3.8, 4) is 5.82 Å². The molecule has 0 aliphatic carbocycles. The van der Waals surface area contributed by atoms with E-state index in [1.807, 2.05) is 0 Å². The van der Waals surface area contributed by atoms with E-state index in [9.17, 15) is 9.18 Å². The monoisotopic (exact) mass is 360 g/mol. The van der Waals surface area contributed by atoms with Crippen molar-refractivity contribution >= 4 is 31.9 Å². The number of hydrogen-bond donors (Lipinski definition) is 0. The topological polar surface area (TPSA) is 34.9 Å². The Morgan fingerprint density at radius 2 is 2.18 bits per heavy atom. The van der Waals surface area contributed by atoms with Crippen LogP contribution in [-0.4, -0.2) is 9.55 Å². The van der Waals surface area contributed by atoms with Gasteiger partial charge in [-0.05, 0) is 39.7 Å². The summed E-state index contributed by atoms with van der Waals surface area (Å²) < 4.78 is 14.6. The lowest BCUT2D eigenvalue weighted by Gasteiger charge is -2.07. The highest BCUT2D eigenvalue weighted by Crippen LogP contribution is 2.12. The lowest BCUT2D eigenvalue weighted by atomic mass is 10.3. The summed E-state index contributed by atoms with van der Waals surface area (Å²) in [6, 6.07) is 4.46. The molecule has 0 spiro atoms. The Bertz CT molecular complexity index is 595. The first-order chi connectivity index (χ1) is 8.11. The number of halogens is 3. The van der Waals surface area contributed by atoms with Crippen LogP contribution in [0.3, 0.4) is 0 Å². The second-order valence-electron chi connectivity index (χ2n) is 3.34. The standard InChI is InChI=1S/C11H7Br2FN2O/c12-4-7-3-9(13)11(17)16(6-7)10-2-1-8(14)5-15-10/h1-3,5-6H,4H2. The fourth-order valence-corrected chi connectivity index (χ4v) is 2.15. The average molecular weight is 362 g/mol. The Hall–Kier alpha value is -1.01. The van der Waals surface area contributed by atoms with Crippen molar-refractivity contribution in [2.45, 2.75) is 5.33 Å². The minimum atomic E-state index is -0.433. The maximum atomic E-state index is 12.8. The molecule has 2 heterocycles. The van der Waals surface area contributed by atoms with Crippen LogP contribution in [0.15, 0.2) is 39.9 Å². The Kier molecular flexibility index (Phi) is 3.73. The molecule has 0 saturated heterocycles. The molecule has 6 heteroatoms. The van der Waals surface area contributed by atoms with E-state index in [1.165, 1.54) is 16.7 Å². The van der Waals surface area contributed by atoms with Crippen LogP contribution in [0.5, 0.6) is 0 Å². The number of hydrogen-bond acceptors (Lipinski definition) is 2. The van der Waals surface area contributed by atoms with Gasteiger partial charge in [-0.1, -0.05) is 15.9 Å². The SMILES string of the molecule is O=c1c(Br)cc(CBr)cn1-c1ccc(F)cn1. The number of pyridine rings is 2. The molecule has 0 fully saturated rings. The van der Waals surface area contributed by atoms with Crippen molar-refractivity contribution in [1.82, 2.24) is 9.55 Å². The smallest absolute Gasteiger partial charge is 0.268 e. The first-order valence-electron chi connectivity index (χ1n) is 4.71. The molecule has 17 heavy (non-hydrogen) atoms. The van der Waals surface area contributed by atoms with Gasteiger partial charge in [0.2, 0.25) is 0 Å². The largest absolute Gasteiger partial charge is 0.270 e. The zero-order valence-corrected chi connectivity index (χ0v) is 11.7. The van der Waals surface area contributed by atoms with Crippen molar-refractivity contribution in [3.05, 3.63) is 56.8 Å². The van der Waals surface area contributed by atoms with E-state index in [1.54, 1.807) is 12.3 Å². The minimum absolute atomic E-state index is 0.228. The van der Waals surface area contributed by atoms with Crippen LogP contribution in [0.25, 0.3) is 5.82 Å². The van der Waals surface area contributed by atoms with E-state index < -0.39 is 5.82 Å². The quantitative estimate of drug-likeness (QED) is 0.770. The molecule has 0 saturated carbocycles. The molecule has 0 atom stereocenters. The van der Waals surface area contributed by atoms with Crippen LogP contribution in [-0.2, 0) is 5.33 Å². The molecule has 0 N–H and O–H groups in total. The van der Waals surface area contributed by atoms with Gasteiger partial charge in [0, 0.05) is 11.5 Å². The van der Waals surface area contributed by atoms with Crippen molar-refractivity contribution in [1.29, 1.82) is 0 Å². The van der Waals surface area contributed by atoms with Crippen molar-refractivity contribution in [2.75, 3.05) is 0 Å². The van der Waals surface area contributed by atoms with Gasteiger partial charge in [0.15, 0.2) is 0 Å². The predicted molar refractivity (Wildman–Crippen MR) is 70.1 cm³/mol. The highest BCUT2D eigenvalue weighted by Gasteiger charge is 2.07. The normalized spacial score (nSPS) is 10.5. The molecule has 2 aromatic rings. The predicted octanol–water partition coefficient (Wildman–Crippen LogP) is 3.03. The highest BCUT2D eigenvalue weighted by molar-refractivity contribution is 9.10. The zero-order valence-electron chi connectivity index (χ0n) is 8.53. The van der Waals surface area contributed by atoms with Crippen LogP contribution in [0.1, 0.15) is 5.56 Å². The van der Waals surface area contributed by atoms with Gasteiger partial charge in [-0.25, -0.2) is 9.37 Å². The molecule has 0 radical (unpaired) electrons. The molecule has 2 rings (SSSR count). The van der Waals surface area contributed by atoms with Crippen LogP contribution in [0.2, 0.25) is 0 Å². The molecular formula is C11H7Br2FN2O. The third kappa shape index (κ3) is 2.63. The van der Waals surface area contributed by atoms with Gasteiger partial charge >= 0.3 is 0 Å². The molecule has 88 valence electrons. The van der Waals surface area contributed by atoms with E-state index in [4.69, 9.17) is 0 Å². The number of rotatable bonds is 2. The molecule has 3 nitrogen and oxygen atoms in total. The summed E-state index contributed by atoms with van der Waals surface area (Å²) in [6.45, 7) is 0. The van der Waals surface area contributed by atoms with Crippen LogP contribution in [0.4, 0.5) is 4.39 Å². The van der Waals surface area contributed by atoms with Gasteiger partial charge in [0.05, 0.1) is 10.7 Å². The van der Waals surface area contributed by atoms with Gasteiger partial charge in [-0.2, -0.15) is 0 Å². The number of aromatic nitrogens is 2. The Morgan fingerprint density at radius 1 is 1.41 bits per heavy atom. The van der Waals surface area contributed by atoms with E-state index in [2.05, 4.69) is 36.8 Å². The Labute approximate surface area is 114 Å². The summed E-state index contributed by atoms with van der Waals surface area (Å²) in [5.74, 6) is -0.0441. The van der Waals surface area contributed by atoms with Gasteiger partial charge in [-0.15, -0.1) is 0 Å². The summed E-state index contributed by atoms with van der Waals surface area (Å²) in [5, 5.41) is 0.618. The number of alkyl halides is 1. The van der Waals surface area contributed by atoms with E-state index in [0.717, 1.165) is 11.8 Å². The first-order valence-corrected chi connectivity index (χ1v) is 6.62. The molecule has 0 aliphatic heterocycles. The maximum absolute atomic E-state index is 12.8. The van der Waals surface area contributed by atoms with Gasteiger partial charge in [0.25, 0.3) is 5.56 Å². The van der Waals surface area contributed by atoms with E-state index in [0.29, 0.717) is 15.6 Å². The zero-order chi connectivity index (χ0) is 12.4. The summed E-state index contributed by atoms with van der Waals surface area (Å²) in [6.07, 6.45) is 2.75. The summed E-state index contributed by atoms with van der Waals surface area (Å²) >= 11 is 6.51. The summed E-state index contributed by atoms with van der Waals surface area (Å²) in [4.78, 5) is 15.8. The molecule has 0 amide bonds.